The van der Waals surface area contributed by atoms with Gasteiger partial charge in [-0.05, 0) is 35.7 Å². The highest BCUT2D eigenvalue weighted by Crippen LogP contribution is 2.24. The normalized spacial score (nSPS) is 10.4. The molecule has 132 valence electrons. The van der Waals surface area contributed by atoms with Gasteiger partial charge in [-0.3, -0.25) is 5.01 Å². The average molecular weight is 353 g/mol. The van der Waals surface area contributed by atoms with Gasteiger partial charge in [0, 0.05) is 5.39 Å². The fourth-order valence-electron chi connectivity index (χ4n) is 3.02. The molecule has 4 aromatic carbocycles. The molecule has 0 aliphatic carbocycles. The van der Waals surface area contributed by atoms with Crippen LogP contribution in [0.3, 0.4) is 0 Å². The zero-order valence-electron chi connectivity index (χ0n) is 14.7. The number of urea groups is 1. The van der Waals surface area contributed by atoms with Crippen molar-refractivity contribution < 1.29 is 4.79 Å². The number of rotatable bonds is 4. The number of hydrogen-bond acceptors (Lipinski definition) is 2. The van der Waals surface area contributed by atoms with Crippen LogP contribution in [-0.2, 0) is 0 Å². The van der Waals surface area contributed by atoms with Gasteiger partial charge in [0.25, 0.3) is 0 Å². The van der Waals surface area contributed by atoms with Crippen LogP contribution in [0.15, 0.2) is 103 Å². The number of fused-ring (bicyclic) bond motifs is 1. The molecule has 0 aromatic heterocycles. The smallest absolute Gasteiger partial charge is 0.306 e. The van der Waals surface area contributed by atoms with E-state index < -0.39 is 0 Å². The van der Waals surface area contributed by atoms with Gasteiger partial charge in [0.1, 0.15) is 0 Å². The lowest BCUT2D eigenvalue weighted by Gasteiger charge is -2.25. The maximum Gasteiger partial charge on any atom is 0.338 e. The minimum Gasteiger partial charge on any atom is -0.306 e. The Balaban J connectivity index is 1.60. The van der Waals surface area contributed by atoms with E-state index in [1.165, 1.54) is 0 Å². The van der Waals surface area contributed by atoms with Crippen LogP contribution < -0.4 is 15.8 Å². The number of para-hydroxylation sites is 2. The molecule has 4 heteroatoms. The van der Waals surface area contributed by atoms with Gasteiger partial charge >= 0.3 is 6.03 Å². The largest absolute Gasteiger partial charge is 0.338 e. The summed E-state index contributed by atoms with van der Waals surface area (Å²) < 4.78 is 0. The van der Waals surface area contributed by atoms with Crippen LogP contribution in [-0.4, -0.2) is 6.03 Å². The first-order chi connectivity index (χ1) is 13.3. The number of carbonyl (C=O) groups excluding carboxylic acids is 1. The van der Waals surface area contributed by atoms with Crippen LogP contribution in [0.5, 0.6) is 0 Å². The number of nitrogens with zero attached hydrogens (tertiary/aromatic N) is 1. The molecule has 0 heterocycles. The third kappa shape index (κ3) is 3.75. The summed E-state index contributed by atoms with van der Waals surface area (Å²) in [7, 11) is 0. The van der Waals surface area contributed by atoms with Crippen molar-refractivity contribution >= 4 is 33.9 Å². The highest BCUT2D eigenvalue weighted by molar-refractivity contribution is 6.02. The maximum atomic E-state index is 12.7. The highest BCUT2D eigenvalue weighted by Gasteiger charge is 2.13. The summed E-state index contributed by atoms with van der Waals surface area (Å²) in [6.07, 6.45) is 0. The van der Waals surface area contributed by atoms with E-state index in [1.807, 2.05) is 103 Å². The number of hydrogen-bond donors (Lipinski definition) is 2. The zero-order valence-corrected chi connectivity index (χ0v) is 14.7. The lowest BCUT2D eigenvalue weighted by atomic mass is 10.1. The van der Waals surface area contributed by atoms with E-state index in [0.29, 0.717) is 0 Å². The maximum absolute atomic E-state index is 12.7. The number of hydrazine groups is 1. The molecule has 2 N–H and O–H groups in total. The van der Waals surface area contributed by atoms with Crippen molar-refractivity contribution in [3.05, 3.63) is 103 Å². The molecule has 0 bridgehead atoms. The van der Waals surface area contributed by atoms with Crippen LogP contribution in [0.25, 0.3) is 10.8 Å². The van der Waals surface area contributed by atoms with Gasteiger partial charge in [-0.25, -0.2) is 10.2 Å². The molecule has 2 amide bonds. The van der Waals surface area contributed by atoms with Crippen molar-refractivity contribution in [2.75, 3.05) is 10.3 Å². The lowest BCUT2D eigenvalue weighted by molar-refractivity contribution is 0.252. The lowest BCUT2D eigenvalue weighted by Crippen LogP contribution is -2.41. The Bertz CT molecular complexity index is 1000. The fourth-order valence-corrected chi connectivity index (χ4v) is 3.02. The number of anilines is 3. The molecule has 4 nitrogen and oxygen atoms in total. The van der Waals surface area contributed by atoms with Crippen LogP contribution in [0.2, 0.25) is 0 Å². The van der Waals surface area contributed by atoms with E-state index in [0.717, 1.165) is 27.8 Å². The highest BCUT2D eigenvalue weighted by atomic mass is 16.2. The number of amides is 2. The molecule has 0 unspecified atom stereocenters. The molecule has 0 saturated heterocycles. The average Bonchev–Trinajstić information content (AvgIpc) is 2.73. The Hall–Kier alpha value is -3.79. The summed E-state index contributed by atoms with van der Waals surface area (Å²) >= 11 is 0. The van der Waals surface area contributed by atoms with Gasteiger partial charge in [0.2, 0.25) is 0 Å². The monoisotopic (exact) mass is 353 g/mol. The first-order valence-electron chi connectivity index (χ1n) is 8.77. The molecule has 0 radical (unpaired) electrons. The Morgan fingerprint density at radius 2 is 1.19 bits per heavy atom. The minimum atomic E-state index is -0.306. The second-order valence-corrected chi connectivity index (χ2v) is 6.10. The Morgan fingerprint density at radius 3 is 1.85 bits per heavy atom. The van der Waals surface area contributed by atoms with E-state index in [2.05, 4.69) is 10.7 Å². The number of nitrogens with one attached hydrogen (secondary N) is 2. The van der Waals surface area contributed by atoms with Gasteiger partial charge in [0.15, 0.2) is 0 Å². The summed E-state index contributed by atoms with van der Waals surface area (Å²) in [4.78, 5) is 12.7. The molecule has 4 aromatic rings. The molecule has 27 heavy (non-hydrogen) atoms. The van der Waals surface area contributed by atoms with E-state index in [1.54, 1.807) is 5.01 Å². The van der Waals surface area contributed by atoms with Crippen molar-refractivity contribution in [2.45, 2.75) is 0 Å². The summed E-state index contributed by atoms with van der Waals surface area (Å²) in [5.74, 6) is 0. The molecule has 0 aliphatic heterocycles. The first kappa shape index (κ1) is 16.7. The Labute approximate surface area is 158 Å². The summed E-state index contributed by atoms with van der Waals surface area (Å²) in [6, 6.07) is 33.0. The number of carbonyl (C=O) groups is 1. The standard InChI is InChI=1S/C23H19N3O/c27-23(24-22-17-9-11-18-10-7-8-16-21(18)22)25-26(19-12-3-1-4-13-19)20-14-5-2-6-15-20/h1-17H,(H2,24,25,27). The molecule has 0 atom stereocenters. The zero-order chi connectivity index (χ0) is 18.5. The van der Waals surface area contributed by atoms with Gasteiger partial charge in [-0.1, -0.05) is 72.8 Å². The van der Waals surface area contributed by atoms with Crippen LogP contribution in [0.4, 0.5) is 21.9 Å². The van der Waals surface area contributed by atoms with Crippen molar-refractivity contribution in [2.24, 2.45) is 0 Å². The summed E-state index contributed by atoms with van der Waals surface area (Å²) in [5.41, 5.74) is 5.46. The second-order valence-electron chi connectivity index (χ2n) is 6.10. The van der Waals surface area contributed by atoms with Gasteiger partial charge in [0.05, 0.1) is 17.1 Å². The molecular weight excluding hydrogens is 334 g/mol. The number of benzene rings is 4. The van der Waals surface area contributed by atoms with Crippen LogP contribution in [0.1, 0.15) is 0 Å². The van der Waals surface area contributed by atoms with Crippen LogP contribution in [0, 0.1) is 0 Å². The van der Waals surface area contributed by atoms with Gasteiger partial charge in [-0.15, -0.1) is 0 Å². The Kier molecular flexibility index (Phi) is 4.70. The predicted molar refractivity (Wildman–Crippen MR) is 111 cm³/mol. The SMILES string of the molecule is O=C(Nc1cccc2ccccc12)NN(c1ccccc1)c1ccccc1. The van der Waals surface area contributed by atoms with Crippen LogP contribution >= 0.6 is 0 Å². The molecule has 0 spiro atoms. The molecular formula is C23H19N3O. The summed E-state index contributed by atoms with van der Waals surface area (Å²) in [5, 5.41) is 6.81. The van der Waals surface area contributed by atoms with E-state index in [-0.39, 0.29) is 6.03 Å². The van der Waals surface area contributed by atoms with Crippen molar-refractivity contribution in [3.63, 3.8) is 0 Å². The van der Waals surface area contributed by atoms with E-state index in [4.69, 9.17) is 0 Å². The van der Waals surface area contributed by atoms with Crippen molar-refractivity contribution in [3.8, 4) is 0 Å². The minimum absolute atomic E-state index is 0.306. The third-order valence-corrected chi connectivity index (χ3v) is 4.28. The predicted octanol–water partition coefficient (Wildman–Crippen LogP) is 5.71. The van der Waals surface area contributed by atoms with Gasteiger partial charge in [-0.2, -0.15) is 0 Å². The van der Waals surface area contributed by atoms with Crippen molar-refractivity contribution in [1.82, 2.24) is 5.43 Å². The van der Waals surface area contributed by atoms with Gasteiger partial charge < -0.3 is 5.32 Å². The molecule has 0 aliphatic rings. The third-order valence-electron chi connectivity index (χ3n) is 4.28. The Morgan fingerprint density at radius 1 is 0.630 bits per heavy atom. The molecule has 0 fully saturated rings. The fraction of sp³-hybridized carbons (Fsp3) is 0. The van der Waals surface area contributed by atoms with Crippen molar-refractivity contribution in [1.29, 1.82) is 0 Å². The van der Waals surface area contributed by atoms with E-state index >= 15 is 0 Å². The topological polar surface area (TPSA) is 44.4 Å². The summed E-state index contributed by atoms with van der Waals surface area (Å²) in [6.45, 7) is 0. The molecule has 4 rings (SSSR count). The quantitative estimate of drug-likeness (QED) is 0.461. The molecule has 0 saturated carbocycles. The second kappa shape index (κ2) is 7.62. The van der Waals surface area contributed by atoms with E-state index in [9.17, 15) is 4.79 Å². The first-order valence-corrected chi connectivity index (χ1v) is 8.77.